The number of hydrogen-bond acceptors (Lipinski definition) is 5. The van der Waals surface area contributed by atoms with E-state index in [1.54, 1.807) is 0 Å². The van der Waals surface area contributed by atoms with E-state index in [2.05, 4.69) is 81.4 Å². The molecule has 5 nitrogen and oxygen atoms in total. The maximum atomic E-state index is 13.4. The molecule has 1 aliphatic carbocycles. The Morgan fingerprint density at radius 1 is 0.886 bits per heavy atom. The summed E-state index contributed by atoms with van der Waals surface area (Å²) >= 11 is 0. The number of ether oxygens (including phenoxy) is 3. The van der Waals surface area contributed by atoms with Crippen LogP contribution in [-0.2, 0) is 23.8 Å². The van der Waals surface area contributed by atoms with Gasteiger partial charge in [-0.2, -0.15) is 0 Å². The summed E-state index contributed by atoms with van der Waals surface area (Å²) in [6.45, 7) is 6.94. The van der Waals surface area contributed by atoms with Gasteiger partial charge in [-0.05, 0) is 23.9 Å². The van der Waals surface area contributed by atoms with Gasteiger partial charge in [0.1, 0.15) is 8.07 Å². The van der Waals surface area contributed by atoms with Crippen LogP contribution in [0.5, 0.6) is 0 Å². The molecule has 2 aliphatic rings. The normalized spacial score (nSPS) is 21.1. The molecule has 1 atom stereocenters. The lowest BCUT2D eigenvalue weighted by molar-refractivity contribution is -0.183. The highest BCUT2D eigenvalue weighted by atomic mass is 28.3. The van der Waals surface area contributed by atoms with E-state index in [-0.39, 0.29) is 17.6 Å². The fraction of sp³-hybridized carbons (Fsp3) is 0.517. The topological polar surface area (TPSA) is 61.8 Å². The fourth-order valence-electron chi connectivity index (χ4n) is 6.93. The Kier molecular flexibility index (Phi) is 6.99. The highest BCUT2D eigenvalue weighted by Gasteiger charge is 2.71. The highest BCUT2D eigenvalue weighted by Crippen LogP contribution is 2.58. The third-order valence-corrected chi connectivity index (χ3v) is 14.8. The molecule has 1 aliphatic heterocycles. The molecule has 35 heavy (non-hydrogen) atoms. The second kappa shape index (κ2) is 9.55. The second-order valence-corrected chi connectivity index (χ2v) is 16.0. The summed E-state index contributed by atoms with van der Waals surface area (Å²) in [7, 11) is 0.241. The summed E-state index contributed by atoms with van der Waals surface area (Å²) in [5, 5.41) is 2.61. The number of carbonyl (C=O) groups is 2. The number of carbonyl (C=O) groups excluding carboxylic acids is 2. The van der Waals surface area contributed by atoms with Crippen LogP contribution in [0.25, 0.3) is 0 Å². The quantitative estimate of drug-likeness (QED) is 0.337. The molecule has 1 spiro atoms. The van der Waals surface area contributed by atoms with Crippen LogP contribution in [0.15, 0.2) is 60.7 Å². The minimum absolute atomic E-state index is 0.0519. The molecule has 188 valence electrons. The Morgan fingerprint density at radius 3 is 1.74 bits per heavy atom. The zero-order valence-corrected chi connectivity index (χ0v) is 22.6. The van der Waals surface area contributed by atoms with Crippen molar-refractivity contribution in [2.24, 2.45) is 5.41 Å². The van der Waals surface area contributed by atoms with Gasteiger partial charge in [0.15, 0.2) is 5.41 Å². The van der Waals surface area contributed by atoms with E-state index in [1.807, 2.05) is 0 Å². The number of hydrogen-bond donors (Lipinski definition) is 0. The van der Waals surface area contributed by atoms with Crippen molar-refractivity contribution >= 4 is 30.4 Å². The Labute approximate surface area is 210 Å². The molecular weight excluding hydrogens is 456 g/mol. The molecule has 0 bridgehead atoms. The van der Waals surface area contributed by atoms with Crippen LogP contribution in [0.1, 0.15) is 52.9 Å². The summed E-state index contributed by atoms with van der Waals surface area (Å²) < 4.78 is 17.4. The van der Waals surface area contributed by atoms with E-state index in [0.717, 1.165) is 18.9 Å². The van der Waals surface area contributed by atoms with Crippen molar-refractivity contribution in [3.05, 3.63) is 60.7 Å². The maximum absolute atomic E-state index is 13.4. The first-order valence-corrected chi connectivity index (χ1v) is 14.8. The molecule has 6 heteroatoms. The van der Waals surface area contributed by atoms with E-state index in [4.69, 9.17) is 14.2 Å². The predicted molar refractivity (Wildman–Crippen MR) is 140 cm³/mol. The van der Waals surface area contributed by atoms with Gasteiger partial charge in [0.2, 0.25) is 0 Å². The average Bonchev–Trinajstić information content (AvgIpc) is 3.47. The van der Waals surface area contributed by atoms with Crippen molar-refractivity contribution in [3.8, 4) is 0 Å². The number of benzene rings is 2. The van der Waals surface area contributed by atoms with Crippen LogP contribution in [0, 0.1) is 5.41 Å². The molecular formula is C29H38O5Si. The van der Waals surface area contributed by atoms with Gasteiger partial charge >= 0.3 is 11.9 Å². The predicted octanol–water partition coefficient (Wildman–Crippen LogP) is 4.48. The molecule has 1 heterocycles. The lowest BCUT2D eigenvalue weighted by Gasteiger charge is -2.45. The molecule has 1 saturated heterocycles. The van der Waals surface area contributed by atoms with Crippen LogP contribution in [0.4, 0.5) is 0 Å². The van der Waals surface area contributed by atoms with Crippen LogP contribution >= 0.6 is 0 Å². The lowest BCUT2D eigenvalue weighted by Crippen LogP contribution is -2.65. The summed E-state index contributed by atoms with van der Waals surface area (Å²) in [4.78, 5) is 26.7. The molecule has 4 rings (SSSR count). The second-order valence-electron chi connectivity index (χ2n) is 11.1. The number of esters is 2. The minimum atomic E-state index is -2.46. The zero-order valence-electron chi connectivity index (χ0n) is 21.6. The fourth-order valence-corrected chi connectivity index (χ4v) is 12.5. The van der Waals surface area contributed by atoms with Crippen LogP contribution < -0.4 is 10.4 Å². The Bertz CT molecular complexity index is 982. The summed E-state index contributed by atoms with van der Waals surface area (Å²) in [5.74, 6) is -1.06. The van der Waals surface area contributed by atoms with E-state index in [9.17, 15) is 9.59 Å². The Hall–Kier alpha value is -2.44. The molecule has 0 N–H and O–H groups in total. The Balaban J connectivity index is 1.87. The molecule has 0 aromatic heterocycles. The van der Waals surface area contributed by atoms with Gasteiger partial charge in [0.05, 0.1) is 25.9 Å². The van der Waals surface area contributed by atoms with Crippen molar-refractivity contribution in [1.82, 2.24) is 0 Å². The third-order valence-electron chi connectivity index (χ3n) is 8.53. The molecule has 1 saturated carbocycles. The first-order valence-electron chi connectivity index (χ1n) is 12.6. The maximum Gasteiger partial charge on any atom is 0.326 e. The SMILES string of the molecule is COC(=O)C1(C(=O)OC)CC(C[Si](c2ccccc2)(c2ccccc2)C(C)(C)C)OC12CCCC2. The molecule has 0 radical (unpaired) electrons. The number of rotatable bonds is 6. The van der Waals surface area contributed by atoms with Gasteiger partial charge in [-0.1, -0.05) is 105 Å². The van der Waals surface area contributed by atoms with Crippen LogP contribution in [0.2, 0.25) is 11.1 Å². The first kappa shape index (κ1) is 25.6. The molecule has 2 aromatic carbocycles. The third kappa shape index (κ3) is 3.95. The van der Waals surface area contributed by atoms with Crippen molar-refractivity contribution in [3.63, 3.8) is 0 Å². The van der Waals surface area contributed by atoms with Crippen molar-refractivity contribution < 1.29 is 23.8 Å². The molecule has 1 unspecified atom stereocenters. The molecule has 2 fully saturated rings. The zero-order chi connectivity index (χ0) is 25.3. The van der Waals surface area contributed by atoms with E-state index in [0.29, 0.717) is 12.8 Å². The summed E-state index contributed by atoms with van der Waals surface area (Å²) in [6.07, 6.45) is 3.18. The van der Waals surface area contributed by atoms with E-state index in [1.165, 1.54) is 24.6 Å². The molecule has 0 amide bonds. The molecule has 2 aromatic rings. The van der Waals surface area contributed by atoms with Crippen LogP contribution in [0.3, 0.4) is 0 Å². The lowest BCUT2D eigenvalue weighted by atomic mass is 9.69. The minimum Gasteiger partial charge on any atom is -0.468 e. The Morgan fingerprint density at radius 2 is 1.34 bits per heavy atom. The van der Waals surface area contributed by atoms with Gasteiger partial charge in [-0.3, -0.25) is 9.59 Å². The van der Waals surface area contributed by atoms with Gasteiger partial charge in [-0.15, -0.1) is 0 Å². The van der Waals surface area contributed by atoms with Gasteiger partial charge < -0.3 is 14.2 Å². The van der Waals surface area contributed by atoms with Crippen molar-refractivity contribution in [2.75, 3.05) is 14.2 Å². The smallest absolute Gasteiger partial charge is 0.326 e. The van der Waals surface area contributed by atoms with E-state index < -0.39 is 31.0 Å². The van der Waals surface area contributed by atoms with Gasteiger partial charge in [0.25, 0.3) is 0 Å². The van der Waals surface area contributed by atoms with Gasteiger partial charge in [0, 0.05) is 6.42 Å². The monoisotopic (exact) mass is 494 g/mol. The largest absolute Gasteiger partial charge is 0.468 e. The van der Waals surface area contributed by atoms with Crippen molar-refractivity contribution in [2.45, 2.75) is 75.7 Å². The van der Waals surface area contributed by atoms with E-state index >= 15 is 0 Å². The van der Waals surface area contributed by atoms with Crippen molar-refractivity contribution in [1.29, 1.82) is 0 Å². The summed E-state index contributed by atoms with van der Waals surface area (Å²) in [5.41, 5.74) is -2.30. The highest BCUT2D eigenvalue weighted by molar-refractivity contribution is 7.04. The summed E-state index contributed by atoms with van der Waals surface area (Å²) in [6, 6.07) is 22.2. The number of methoxy groups -OCH3 is 2. The van der Waals surface area contributed by atoms with Crippen LogP contribution in [-0.4, -0.2) is 45.9 Å². The standard InChI is InChI=1S/C29H38O5Si/c1-27(2,3)35(23-14-8-6-9-15-23,24-16-10-7-11-17-24)21-22-20-29(25(30)32-4,26(31)33-5)28(34-22)18-12-13-19-28/h6-11,14-17,22H,12-13,18-21H2,1-5H3. The first-order chi connectivity index (χ1) is 16.7. The van der Waals surface area contributed by atoms with Gasteiger partial charge in [-0.25, -0.2) is 0 Å². The average molecular weight is 495 g/mol.